The maximum absolute atomic E-state index is 10.7. The molecular formula is C18H22ClNO. The van der Waals surface area contributed by atoms with E-state index in [-0.39, 0.29) is 6.04 Å². The molecule has 0 fully saturated rings. The summed E-state index contributed by atoms with van der Waals surface area (Å²) in [6.07, 6.45) is 0. The lowest BCUT2D eigenvalue weighted by atomic mass is 9.94. The smallest absolute Gasteiger partial charge is 0.0994 e. The summed E-state index contributed by atoms with van der Waals surface area (Å²) < 4.78 is 0. The highest BCUT2D eigenvalue weighted by atomic mass is 35.5. The van der Waals surface area contributed by atoms with Gasteiger partial charge in [0.15, 0.2) is 0 Å². The van der Waals surface area contributed by atoms with Crippen LogP contribution in [0.15, 0.2) is 54.6 Å². The van der Waals surface area contributed by atoms with Gasteiger partial charge in [-0.25, -0.2) is 0 Å². The fraction of sp³-hybridized carbons (Fsp3) is 0.333. The average Bonchev–Trinajstić information content (AvgIpc) is 2.48. The van der Waals surface area contributed by atoms with Crippen molar-refractivity contribution in [1.82, 2.24) is 4.90 Å². The molecule has 0 aliphatic rings. The highest BCUT2D eigenvalue weighted by molar-refractivity contribution is 6.30. The molecule has 0 heterocycles. The number of likely N-dealkylation sites (N-methyl/N-ethyl adjacent to an activating group) is 1. The van der Waals surface area contributed by atoms with Crippen LogP contribution in [-0.4, -0.2) is 23.6 Å². The molecule has 112 valence electrons. The minimum Gasteiger partial charge on any atom is -0.384 e. The largest absolute Gasteiger partial charge is 0.384 e. The first-order chi connectivity index (χ1) is 9.90. The summed E-state index contributed by atoms with van der Waals surface area (Å²) in [4.78, 5) is 2.15. The topological polar surface area (TPSA) is 23.5 Å². The van der Waals surface area contributed by atoms with E-state index in [2.05, 4.69) is 11.8 Å². The van der Waals surface area contributed by atoms with Gasteiger partial charge < -0.3 is 5.11 Å². The third-order valence-electron chi connectivity index (χ3n) is 3.97. The summed E-state index contributed by atoms with van der Waals surface area (Å²) in [6.45, 7) is 4.54. The van der Waals surface area contributed by atoms with Crippen molar-refractivity contribution in [1.29, 1.82) is 0 Å². The Morgan fingerprint density at radius 1 is 1.10 bits per heavy atom. The SMILES string of the molecule is CC(c1ccc(Cl)cc1)N(C)CC(C)(O)c1ccccc1. The first kappa shape index (κ1) is 16.0. The molecule has 0 aliphatic heterocycles. The summed E-state index contributed by atoms with van der Waals surface area (Å²) in [5.41, 5.74) is 1.24. The second-order valence-electron chi connectivity index (χ2n) is 5.78. The van der Waals surface area contributed by atoms with E-state index < -0.39 is 5.60 Å². The molecule has 0 spiro atoms. The van der Waals surface area contributed by atoms with E-state index in [1.54, 1.807) is 0 Å². The van der Waals surface area contributed by atoms with Crippen molar-refractivity contribution in [3.63, 3.8) is 0 Å². The second-order valence-corrected chi connectivity index (χ2v) is 6.22. The molecule has 2 nitrogen and oxygen atoms in total. The Labute approximate surface area is 132 Å². The first-order valence-corrected chi connectivity index (χ1v) is 7.51. The monoisotopic (exact) mass is 303 g/mol. The summed E-state index contributed by atoms with van der Waals surface area (Å²) in [5.74, 6) is 0. The molecule has 21 heavy (non-hydrogen) atoms. The highest BCUT2D eigenvalue weighted by Gasteiger charge is 2.26. The van der Waals surface area contributed by atoms with Gasteiger partial charge in [-0.05, 0) is 44.2 Å². The van der Waals surface area contributed by atoms with Gasteiger partial charge in [-0.1, -0.05) is 54.1 Å². The van der Waals surface area contributed by atoms with E-state index in [1.165, 1.54) is 5.56 Å². The molecule has 0 aromatic heterocycles. The molecule has 2 atom stereocenters. The Balaban J connectivity index is 2.10. The van der Waals surface area contributed by atoms with Gasteiger partial charge in [-0.3, -0.25) is 4.90 Å². The van der Waals surface area contributed by atoms with Gasteiger partial charge in [0.1, 0.15) is 0 Å². The molecule has 0 bridgehead atoms. The standard InChI is InChI=1S/C18H22ClNO/c1-14(15-9-11-17(19)12-10-15)20(3)13-18(2,21)16-7-5-4-6-8-16/h4-12,14,21H,13H2,1-3H3. The van der Waals surface area contributed by atoms with Gasteiger partial charge >= 0.3 is 0 Å². The van der Waals surface area contributed by atoms with E-state index in [4.69, 9.17) is 11.6 Å². The minimum absolute atomic E-state index is 0.206. The van der Waals surface area contributed by atoms with E-state index >= 15 is 0 Å². The van der Waals surface area contributed by atoms with Crippen molar-refractivity contribution in [2.75, 3.05) is 13.6 Å². The van der Waals surface area contributed by atoms with Crippen molar-refractivity contribution < 1.29 is 5.11 Å². The lowest BCUT2D eigenvalue weighted by Crippen LogP contribution is -2.38. The number of rotatable bonds is 5. The number of aliphatic hydroxyl groups is 1. The van der Waals surface area contributed by atoms with Crippen LogP contribution in [0.5, 0.6) is 0 Å². The molecule has 0 aliphatic carbocycles. The summed E-state index contributed by atoms with van der Waals surface area (Å²) >= 11 is 5.93. The van der Waals surface area contributed by atoms with Crippen LogP contribution >= 0.6 is 11.6 Å². The molecule has 2 aromatic carbocycles. The quantitative estimate of drug-likeness (QED) is 0.893. The Hall–Kier alpha value is -1.35. The van der Waals surface area contributed by atoms with E-state index in [1.807, 2.05) is 68.6 Å². The predicted octanol–water partition coefficient (Wildman–Crippen LogP) is 4.24. The Kier molecular flexibility index (Phi) is 5.04. The molecule has 0 amide bonds. The van der Waals surface area contributed by atoms with Crippen LogP contribution in [0.4, 0.5) is 0 Å². The molecule has 1 N–H and O–H groups in total. The third kappa shape index (κ3) is 4.07. The molecule has 2 unspecified atom stereocenters. The fourth-order valence-corrected chi connectivity index (χ4v) is 2.63. The van der Waals surface area contributed by atoms with Crippen LogP contribution in [0.25, 0.3) is 0 Å². The van der Waals surface area contributed by atoms with Crippen molar-refractivity contribution >= 4 is 11.6 Å². The van der Waals surface area contributed by atoms with E-state index in [9.17, 15) is 5.11 Å². The zero-order valence-electron chi connectivity index (χ0n) is 12.8. The summed E-state index contributed by atoms with van der Waals surface area (Å²) in [5, 5.41) is 11.5. The minimum atomic E-state index is -0.878. The molecular weight excluding hydrogens is 282 g/mol. The fourth-order valence-electron chi connectivity index (χ4n) is 2.51. The van der Waals surface area contributed by atoms with Gasteiger partial charge in [0, 0.05) is 17.6 Å². The zero-order valence-corrected chi connectivity index (χ0v) is 13.5. The van der Waals surface area contributed by atoms with Gasteiger partial charge in [-0.15, -0.1) is 0 Å². The van der Waals surface area contributed by atoms with Crippen LogP contribution in [0.1, 0.15) is 31.0 Å². The van der Waals surface area contributed by atoms with Crippen LogP contribution in [0.3, 0.4) is 0 Å². The molecule has 3 heteroatoms. The average molecular weight is 304 g/mol. The van der Waals surface area contributed by atoms with Crippen LogP contribution < -0.4 is 0 Å². The van der Waals surface area contributed by atoms with Crippen LogP contribution in [-0.2, 0) is 5.60 Å². The van der Waals surface area contributed by atoms with Gasteiger partial charge in [0.05, 0.1) is 5.60 Å². The molecule has 2 rings (SSSR count). The predicted molar refractivity (Wildman–Crippen MR) is 88.5 cm³/mol. The van der Waals surface area contributed by atoms with E-state index in [0.717, 1.165) is 10.6 Å². The van der Waals surface area contributed by atoms with Crippen LogP contribution in [0.2, 0.25) is 5.02 Å². The van der Waals surface area contributed by atoms with Gasteiger partial charge in [0.2, 0.25) is 0 Å². The van der Waals surface area contributed by atoms with Crippen molar-refractivity contribution in [2.24, 2.45) is 0 Å². The molecule has 2 aromatic rings. The summed E-state index contributed by atoms with van der Waals surface area (Å²) in [6, 6.07) is 17.8. The lowest BCUT2D eigenvalue weighted by Gasteiger charge is -2.33. The number of hydrogen-bond acceptors (Lipinski definition) is 2. The van der Waals surface area contributed by atoms with E-state index in [0.29, 0.717) is 6.54 Å². The normalized spacial score (nSPS) is 15.7. The lowest BCUT2D eigenvalue weighted by molar-refractivity contribution is 0.0132. The van der Waals surface area contributed by atoms with Gasteiger partial charge in [0.25, 0.3) is 0 Å². The van der Waals surface area contributed by atoms with Gasteiger partial charge in [-0.2, -0.15) is 0 Å². The second kappa shape index (κ2) is 6.61. The zero-order chi connectivity index (χ0) is 15.5. The van der Waals surface area contributed by atoms with Crippen molar-refractivity contribution in [3.8, 4) is 0 Å². The number of nitrogens with zero attached hydrogens (tertiary/aromatic N) is 1. The molecule has 0 saturated heterocycles. The number of benzene rings is 2. The highest BCUT2D eigenvalue weighted by Crippen LogP contribution is 2.26. The Morgan fingerprint density at radius 2 is 1.67 bits per heavy atom. The number of halogens is 1. The number of hydrogen-bond donors (Lipinski definition) is 1. The van der Waals surface area contributed by atoms with Crippen LogP contribution in [0, 0.1) is 0 Å². The molecule has 0 saturated carbocycles. The van der Waals surface area contributed by atoms with Crippen molar-refractivity contribution in [2.45, 2.75) is 25.5 Å². The maximum Gasteiger partial charge on any atom is 0.0994 e. The molecule has 0 radical (unpaired) electrons. The maximum atomic E-state index is 10.7. The first-order valence-electron chi connectivity index (χ1n) is 7.14. The van der Waals surface area contributed by atoms with Crippen molar-refractivity contribution in [3.05, 3.63) is 70.7 Å². The Bertz CT molecular complexity index is 566. The Morgan fingerprint density at radius 3 is 2.24 bits per heavy atom. The third-order valence-corrected chi connectivity index (χ3v) is 4.22. The summed E-state index contributed by atoms with van der Waals surface area (Å²) in [7, 11) is 2.02.